The van der Waals surface area contributed by atoms with Crippen molar-refractivity contribution in [3.8, 4) is 0 Å². The van der Waals surface area contributed by atoms with E-state index in [9.17, 15) is 13.6 Å². The molecule has 0 saturated carbocycles. The van der Waals surface area contributed by atoms with Crippen molar-refractivity contribution in [2.75, 3.05) is 27.2 Å². The number of para-hydroxylation sites is 2. The number of rotatable bonds is 8. The van der Waals surface area contributed by atoms with E-state index in [0.29, 0.717) is 13.0 Å². The van der Waals surface area contributed by atoms with Crippen molar-refractivity contribution in [3.05, 3.63) is 65.5 Å². The predicted molar refractivity (Wildman–Crippen MR) is 105 cm³/mol. The highest BCUT2D eigenvalue weighted by molar-refractivity contribution is 5.94. The summed E-state index contributed by atoms with van der Waals surface area (Å²) in [7, 11) is 4.08. The number of aromatic nitrogens is 2. The highest BCUT2D eigenvalue weighted by Gasteiger charge is 2.12. The fraction of sp³-hybridized carbons (Fsp3) is 0.333. The lowest BCUT2D eigenvalue weighted by molar-refractivity contribution is 0.0953. The summed E-state index contributed by atoms with van der Waals surface area (Å²) in [6.45, 7) is 2.17. The highest BCUT2D eigenvalue weighted by Crippen LogP contribution is 2.17. The lowest BCUT2D eigenvalue weighted by atomic mass is 10.2. The van der Waals surface area contributed by atoms with E-state index in [4.69, 9.17) is 4.98 Å². The zero-order valence-corrected chi connectivity index (χ0v) is 16.1. The first kappa shape index (κ1) is 19.9. The molecule has 1 N–H and O–H groups in total. The Kier molecular flexibility index (Phi) is 6.36. The number of amides is 1. The van der Waals surface area contributed by atoms with Crippen molar-refractivity contribution in [2.45, 2.75) is 19.4 Å². The topological polar surface area (TPSA) is 50.2 Å². The molecule has 0 unspecified atom stereocenters. The Bertz CT molecular complexity index is 968. The molecule has 1 aromatic heterocycles. The first-order valence-corrected chi connectivity index (χ1v) is 9.28. The van der Waals surface area contributed by atoms with Gasteiger partial charge in [-0.15, -0.1) is 0 Å². The van der Waals surface area contributed by atoms with E-state index >= 15 is 0 Å². The fourth-order valence-corrected chi connectivity index (χ4v) is 3.14. The zero-order chi connectivity index (χ0) is 20.1. The third kappa shape index (κ3) is 4.72. The third-order valence-corrected chi connectivity index (χ3v) is 4.54. The quantitative estimate of drug-likeness (QED) is 0.647. The summed E-state index contributed by atoms with van der Waals surface area (Å²) >= 11 is 0. The van der Waals surface area contributed by atoms with E-state index in [0.717, 1.165) is 48.5 Å². The number of hydrogen-bond donors (Lipinski definition) is 1. The van der Waals surface area contributed by atoms with E-state index in [2.05, 4.69) is 14.8 Å². The van der Waals surface area contributed by atoms with Gasteiger partial charge in [-0.2, -0.15) is 0 Å². The Balaban J connectivity index is 1.67. The average Bonchev–Trinajstić information content (AvgIpc) is 3.01. The molecule has 1 heterocycles. The van der Waals surface area contributed by atoms with E-state index in [1.54, 1.807) is 0 Å². The van der Waals surface area contributed by atoms with Crippen LogP contribution in [0.25, 0.3) is 11.0 Å². The number of aryl methyl sites for hydroxylation is 1. The molecule has 0 spiro atoms. The lowest BCUT2D eigenvalue weighted by Crippen LogP contribution is -2.26. The summed E-state index contributed by atoms with van der Waals surface area (Å²) in [4.78, 5) is 19.0. The van der Waals surface area contributed by atoms with Gasteiger partial charge in [-0.3, -0.25) is 4.79 Å². The normalized spacial score (nSPS) is 11.3. The van der Waals surface area contributed by atoms with Crippen molar-refractivity contribution in [1.82, 2.24) is 19.8 Å². The number of fused-ring (bicyclic) bond motifs is 1. The second-order valence-corrected chi connectivity index (χ2v) is 6.96. The number of nitrogens with zero attached hydrogens (tertiary/aromatic N) is 3. The minimum atomic E-state index is -1.03. The molecule has 0 aliphatic rings. The molecule has 1 amide bonds. The molecule has 0 aliphatic heterocycles. The van der Waals surface area contributed by atoms with Gasteiger partial charge >= 0.3 is 0 Å². The molecule has 28 heavy (non-hydrogen) atoms. The lowest BCUT2D eigenvalue weighted by Gasteiger charge is -2.13. The van der Waals surface area contributed by atoms with Crippen molar-refractivity contribution in [3.63, 3.8) is 0 Å². The molecule has 5 nitrogen and oxygen atoms in total. The van der Waals surface area contributed by atoms with E-state index in [-0.39, 0.29) is 5.56 Å². The van der Waals surface area contributed by atoms with Crippen molar-refractivity contribution >= 4 is 16.9 Å². The molecule has 2 aromatic carbocycles. The van der Waals surface area contributed by atoms with Crippen LogP contribution in [0.4, 0.5) is 8.78 Å². The van der Waals surface area contributed by atoms with Crippen LogP contribution >= 0.6 is 0 Å². The monoisotopic (exact) mass is 386 g/mol. The summed E-state index contributed by atoms with van der Waals surface area (Å²) in [5.41, 5.74) is 2.09. The molecule has 0 aliphatic carbocycles. The minimum absolute atomic E-state index is 0.0957. The second kappa shape index (κ2) is 8.93. The fourth-order valence-electron chi connectivity index (χ4n) is 3.14. The maximum Gasteiger partial charge on any atom is 0.251 e. The number of halogens is 2. The Labute approximate surface area is 163 Å². The Morgan fingerprint density at radius 3 is 2.68 bits per heavy atom. The van der Waals surface area contributed by atoms with Gasteiger partial charge in [0, 0.05) is 25.1 Å². The van der Waals surface area contributed by atoms with Crippen molar-refractivity contribution in [1.29, 1.82) is 0 Å². The largest absolute Gasteiger partial charge is 0.352 e. The number of benzene rings is 2. The molecule has 0 saturated heterocycles. The summed E-state index contributed by atoms with van der Waals surface area (Å²) < 4.78 is 28.5. The highest BCUT2D eigenvalue weighted by atomic mass is 19.2. The number of carbonyl (C=O) groups is 1. The van der Waals surface area contributed by atoms with Crippen LogP contribution in [0.15, 0.2) is 42.5 Å². The van der Waals surface area contributed by atoms with E-state index in [1.165, 1.54) is 6.07 Å². The number of hydrogen-bond acceptors (Lipinski definition) is 3. The van der Waals surface area contributed by atoms with Gasteiger partial charge < -0.3 is 14.8 Å². The minimum Gasteiger partial charge on any atom is -0.352 e. The summed E-state index contributed by atoms with van der Waals surface area (Å²) in [6, 6.07) is 11.1. The average molecular weight is 386 g/mol. The molecular formula is C21H24F2N4O. The van der Waals surface area contributed by atoms with Gasteiger partial charge in [0.15, 0.2) is 11.6 Å². The maximum atomic E-state index is 13.3. The number of carbonyl (C=O) groups excluding carboxylic acids is 1. The SMILES string of the molecule is CN(C)CCCn1c(CCNC(=O)c2ccc(F)c(F)c2)nc2ccccc21. The molecular weight excluding hydrogens is 362 g/mol. The molecule has 3 aromatic rings. The molecule has 148 valence electrons. The van der Waals surface area contributed by atoms with E-state index in [1.807, 2.05) is 38.4 Å². The van der Waals surface area contributed by atoms with Crippen molar-refractivity contribution < 1.29 is 13.6 Å². The molecule has 7 heteroatoms. The molecule has 0 atom stereocenters. The van der Waals surface area contributed by atoms with Crippen LogP contribution in [0.3, 0.4) is 0 Å². The second-order valence-electron chi connectivity index (χ2n) is 6.96. The van der Waals surface area contributed by atoms with Crippen LogP contribution < -0.4 is 5.32 Å². The summed E-state index contributed by atoms with van der Waals surface area (Å²) in [5.74, 6) is -1.54. The summed E-state index contributed by atoms with van der Waals surface area (Å²) in [5, 5.41) is 2.75. The van der Waals surface area contributed by atoms with Crippen LogP contribution in [-0.4, -0.2) is 47.5 Å². The van der Waals surface area contributed by atoms with Crippen molar-refractivity contribution in [2.24, 2.45) is 0 Å². The summed E-state index contributed by atoms with van der Waals surface area (Å²) in [6.07, 6.45) is 1.54. The molecule has 0 radical (unpaired) electrons. The van der Waals surface area contributed by atoms with Gasteiger partial charge in [-0.1, -0.05) is 12.1 Å². The van der Waals surface area contributed by atoms with Gasteiger partial charge in [0.2, 0.25) is 0 Å². The van der Waals surface area contributed by atoms with Gasteiger partial charge in [0.1, 0.15) is 5.82 Å². The Morgan fingerprint density at radius 2 is 1.93 bits per heavy atom. The Morgan fingerprint density at radius 1 is 1.14 bits per heavy atom. The first-order chi connectivity index (χ1) is 13.5. The van der Waals surface area contributed by atoms with Gasteiger partial charge in [0.25, 0.3) is 5.91 Å². The molecule has 0 fully saturated rings. The first-order valence-electron chi connectivity index (χ1n) is 9.28. The van der Waals surface area contributed by atoms with Gasteiger partial charge in [0.05, 0.1) is 11.0 Å². The van der Waals surface area contributed by atoms with Gasteiger partial charge in [-0.25, -0.2) is 13.8 Å². The molecule has 0 bridgehead atoms. The number of imidazole rings is 1. The standard InChI is InChI=1S/C21H24F2N4O/c1-26(2)12-5-13-27-19-7-4-3-6-18(19)25-20(27)10-11-24-21(28)15-8-9-16(22)17(23)14-15/h3-4,6-9,14H,5,10-13H2,1-2H3,(H,24,28). The van der Waals surface area contributed by atoms with Crippen LogP contribution in [0.5, 0.6) is 0 Å². The van der Waals surface area contributed by atoms with Gasteiger partial charge in [-0.05, 0) is 57.4 Å². The third-order valence-electron chi connectivity index (χ3n) is 4.54. The van der Waals surface area contributed by atoms with Crippen LogP contribution in [-0.2, 0) is 13.0 Å². The van der Waals surface area contributed by atoms with E-state index < -0.39 is 17.5 Å². The van der Waals surface area contributed by atoms with Crippen LogP contribution in [0.1, 0.15) is 22.6 Å². The number of nitrogens with one attached hydrogen (secondary N) is 1. The smallest absolute Gasteiger partial charge is 0.251 e. The maximum absolute atomic E-state index is 13.3. The van der Waals surface area contributed by atoms with Crippen LogP contribution in [0.2, 0.25) is 0 Å². The molecule has 3 rings (SSSR count). The Hall–Kier alpha value is -2.80. The predicted octanol–water partition coefficient (Wildman–Crippen LogP) is 3.24. The zero-order valence-electron chi connectivity index (χ0n) is 16.1. The van der Waals surface area contributed by atoms with Crippen LogP contribution in [0, 0.1) is 11.6 Å².